The molecule has 1 aromatic heterocycles. The smallest absolute Gasteiger partial charge is 0.283 e. The molecule has 11 heteroatoms. The lowest BCUT2D eigenvalue weighted by molar-refractivity contribution is -0.138. The summed E-state index contributed by atoms with van der Waals surface area (Å²) in [6.07, 6.45) is 0.548. The van der Waals surface area contributed by atoms with Crippen LogP contribution in [0.25, 0.3) is 21.8 Å². The average molecular weight is 555 g/mol. The number of amides is 1. The molecule has 6 rings (SSSR count). The van der Waals surface area contributed by atoms with Crippen LogP contribution in [0, 0.1) is 0 Å². The van der Waals surface area contributed by atoms with Gasteiger partial charge in [0.25, 0.3) is 5.91 Å². The van der Waals surface area contributed by atoms with E-state index >= 15 is 0 Å². The van der Waals surface area contributed by atoms with E-state index in [2.05, 4.69) is 34.6 Å². The van der Waals surface area contributed by atoms with E-state index in [1.807, 2.05) is 48.5 Å². The quantitative estimate of drug-likeness (QED) is 0.304. The summed E-state index contributed by atoms with van der Waals surface area (Å²) in [7, 11) is -0.767. The minimum Gasteiger partial charge on any atom is -0.385 e. The van der Waals surface area contributed by atoms with Gasteiger partial charge in [0.05, 0.1) is 16.6 Å². The first-order valence-electron chi connectivity index (χ1n) is 12.7. The van der Waals surface area contributed by atoms with Crippen molar-refractivity contribution in [3.05, 3.63) is 102 Å². The van der Waals surface area contributed by atoms with Gasteiger partial charge < -0.3 is 4.84 Å². The predicted molar refractivity (Wildman–Crippen MR) is 151 cm³/mol. The van der Waals surface area contributed by atoms with Gasteiger partial charge in [0.15, 0.2) is 6.61 Å². The topological polar surface area (TPSA) is 110 Å². The summed E-state index contributed by atoms with van der Waals surface area (Å²) in [4.78, 5) is 20.4. The van der Waals surface area contributed by atoms with Gasteiger partial charge in [-0.3, -0.25) is 4.79 Å². The Morgan fingerprint density at radius 2 is 1.70 bits per heavy atom. The first-order valence-corrected chi connectivity index (χ1v) is 14.1. The number of sulfonamides is 1. The number of fused-ring (bicyclic) bond motifs is 2. The van der Waals surface area contributed by atoms with Crippen molar-refractivity contribution in [2.24, 2.45) is 5.10 Å². The van der Waals surface area contributed by atoms with Crippen LogP contribution in [0.5, 0.6) is 0 Å². The van der Waals surface area contributed by atoms with E-state index in [1.165, 1.54) is 31.2 Å². The van der Waals surface area contributed by atoms with Crippen LogP contribution in [0.1, 0.15) is 23.6 Å². The third-order valence-electron chi connectivity index (χ3n) is 6.91. The fourth-order valence-electron chi connectivity index (χ4n) is 4.75. The fraction of sp³-hybridized carbons (Fsp3) is 0.172. The third-order valence-corrected chi connectivity index (χ3v) is 8.72. The molecule has 0 saturated carbocycles. The van der Waals surface area contributed by atoms with Crippen molar-refractivity contribution in [2.45, 2.75) is 17.4 Å². The fourth-order valence-corrected chi connectivity index (χ4v) is 5.67. The van der Waals surface area contributed by atoms with Crippen LogP contribution in [0.3, 0.4) is 0 Å². The van der Waals surface area contributed by atoms with E-state index in [1.54, 1.807) is 6.07 Å². The molecule has 0 radical (unpaired) electrons. The molecule has 0 bridgehead atoms. The lowest BCUT2D eigenvalue weighted by atomic mass is 9.97. The van der Waals surface area contributed by atoms with Crippen LogP contribution in [0.2, 0.25) is 0 Å². The molecule has 1 atom stereocenters. The third kappa shape index (κ3) is 4.69. The maximum absolute atomic E-state index is 13.5. The standard InChI is InChI=1S/C29H26N6O4S/c1-33(2)40(37,38)24-14-15-25-28(17-24)35(32-30-25)39-19-29(36)34-27(21-9-4-3-5-10-21)18-26(31-34)23-13-12-20-8-6-7-11-22(20)16-23/h3-17,27H,18-19H2,1-2H3/t27-/m1/s1. The number of nitrogens with zero attached hydrogens (tertiary/aromatic N) is 6. The SMILES string of the molecule is CN(C)S(=O)(=O)c1ccc2nnn(OCC(=O)N3N=C(c4ccc5ccccc5c4)C[C@@H]3c3ccccc3)c2c1. The van der Waals surface area contributed by atoms with Crippen molar-refractivity contribution >= 4 is 43.4 Å². The molecule has 0 aliphatic carbocycles. The first-order chi connectivity index (χ1) is 19.3. The van der Waals surface area contributed by atoms with Gasteiger partial charge in [-0.2, -0.15) is 5.10 Å². The number of carbonyl (C=O) groups excluding carboxylic acids is 1. The van der Waals surface area contributed by atoms with Crippen molar-refractivity contribution in [2.75, 3.05) is 20.7 Å². The van der Waals surface area contributed by atoms with Gasteiger partial charge in [-0.25, -0.2) is 17.7 Å². The van der Waals surface area contributed by atoms with E-state index in [9.17, 15) is 13.2 Å². The van der Waals surface area contributed by atoms with Crippen molar-refractivity contribution in [1.29, 1.82) is 0 Å². The number of benzene rings is 4. The lowest BCUT2D eigenvalue weighted by Gasteiger charge is -2.21. The van der Waals surface area contributed by atoms with Crippen LogP contribution in [0.15, 0.2) is 101 Å². The van der Waals surface area contributed by atoms with Crippen LogP contribution in [0.4, 0.5) is 0 Å². The molecule has 0 unspecified atom stereocenters. The Morgan fingerprint density at radius 1 is 0.950 bits per heavy atom. The lowest BCUT2D eigenvalue weighted by Crippen LogP contribution is -2.34. The molecule has 1 amide bonds. The van der Waals surface area contributed by atoms with Crippen LogP contribution in [-0.2, 0) is 14.8 Å². The number of aromatic nitrogens is 3. The zero-order valence-corrected chi connectivity index (χ0v) is 22.7. The van der Waals surface area contributed by atoms with Crippen molar-refractivity contribution < 1.29 is 18.0 Å². The van der Waals surface area contributed by atoms with E-state index in [4.69, 9.17) is 9.94 Å². The van der Waals surface area contributed by atoms with Crippen molar-refractivity contribution in [1.82, 2.24) is 24.5 Å². The summed E-state index contributed by atoms with van der Waals surface area (Å²) in [5.41, 5.74) is 3.48. The molecule has 5 aromatic rings. The van der Waals surface area contributed by atoms with E-state index in [0.717, 1.165) is 36.8 Å². The summed E-state index contributed by atoms with van der Waals surface area (Å²) in [5, 5.41) is 16.4. The Labute approximate surface area is 231 Å². The molecule has 0 N–H and O–H groups in total. The minimum absolute atomic E-state index is 0.0665. The summed E-state index contributed by atoms with van der Waals surface area (Å²) in [6, 6.07) is 28.1. The second-order valence-electron chi connectivity index (χ2n) is 9.65. The van der Waals surface area contributed by atoms with Crippen LogP contribution in [-0.4, -0.2) is 65.2 Å². The number of carbonyl (C=O) groups is 1. The van der Waals surface area contributed by atoms with Gasteiger partial charge in [-0.05, 0) is 51.4 Å². The Bertz CT molecular complexity index is 1870. The number of hydrogen-bond donors (Lipinski definition) is 0. The molecule has 1 aliphatic heterocycles. The molecule has 2 heterocycles. The largest absolute Gasteiger partial charge is 0.385 e. The first kappa shape index (κ1) is 25.7. The number of rotatable bonds is 7. The number of hydrogen-bond acceptors (Lipinski definition) is 7. The maximum atomic E-state index is 13.5. The highest BCUT2D eigenvalue weighted by molar-refractivity contribution is 7.89. The van der Waals surface area contributed by atoms with Gasteiger partial charge in [-0.1, -0.05) is 71.6 Å². The van der Waals surface area contributed by atoms with Gasteiger partial charge in [0, 0.05) is 20.5 Å². The highest BCUT2D eigenvalue weighted by Gasteiger charge is 2.33. The summed E-state index contributed by atoms with van der Waals surface area (Å²) >= 11 is 0. The molecular formula is C29H26N6O4S. The van der Waals surface area contributed by atoms with Gasteiger partial charge in [0.2, 0.25) is 10.0 Å². The minimum atomic E-state index is -3.68. The Hall–Kier alpha value is -4.61. The molecule has 40 heavy (non-hydrogen) atoms. The van der Waals surface area contributed by atoms with Crippen LogP contribution < -0.4 is 4.84 Å². The second-order valence-corrected chi connectivity index (χ2v) is 11.8. The molecule has 1 aliphatic rings. The summed E-state index contributed by atoms with van der Waals surface area (Å²) in [6.45, 7) is -0.374. The molecule has 4 aromatic carbocycles. The van der Waals surface area contributed by atoms with Crippen LogP contribution >= 0.6 is 0 Å². The Kier molecular flexibility index (Phi) is 6.53. The monoisotopic (exact) mass is 554 g/mol. The van der Waals surface area contributed by atoms with E-state index < -0.39 is 10.0 Å². The van der Waals surface area contributed by atoms with Crippen molar-refractivity contribution in [3.8, 4) is 0 Å². The zero-order valence-electron chi connectivity index (χ0n) is 21.9. The highest BCUT2D eigenvalue weighted by atomic mass is 32.2. The molecule has 0 spiro atoms. The second kappa shape index (κ2) is 10.2. The van der Waals surface area contributed by atoms with Gasteiger partial charge in [0.1, 0.15) is 11.0 Å². The van der Waals surface area contributed by atoms with Gasteiger partial charge in [-0.15, -0.1) is 5.10 Å². The summed E-state index contributed by atoms with van der Waals surface area (Å²) in [5.74, 6) is -0.370. The molecule has 0 saturated heterocycles. The zero-order chi connectivity index (χ0) is 27.9. The average Bonchev–Trinajstić information content (AvgIpc) is 3.61. The Morgan fingerprint density at radius 3 is 2.48 bits per heavy atom. The number of hydrazone groups is 1. The van der Waals surface area contributed by atoms with E-state index in [0.29, 0.717) is 17.5 Å². The molecule has 0 fully saturated rings. The van der Waals surface area contributed by atoms with Gasteiger partial charge >= 0.3 is 0 Å². The molecule has 10 nitrogen and oxygen atoms in total. The summed E-state index contributed by atoms with van der Waals surface area (Å²) < 4.78 is 26.3. The molecule has 202 valence electrons. The highest BCUT2D eigenvalue weighted by Crippen LogP contribution is 2.33. The predicted octanol–water partition coefficient (Wildman–Crippen LogP) is 3.64. The normalized spacial score (nSPS) is 15.6. The maximum Gasteiger partial charge on any atom is 0.283 e. The molecular weight excluding hydrogens is 528 g/mol. The van der Waals surface area contributed by atoms with Crippen molar-refractivity contribution in [3.63, 3.8) is 0 Å². The Balaban J connectivity index is 1.28. The van der Waals surface area contributed by atoms with E-state index in [-0.39, 0.29) is 23.5 Å².